The summed E-state index contributed by atoms with van der Waals surface area (Å²) in [5.41, 5.74) is 2.43. The number of hydrazine groups is 1. The minimum absolute atomic E-state index is 0.200. The van der Waals surface area contributed by atoms with E-state index in [1.54, 1.807) is 6.07 Å². The first-order valence-electron chi connectivity index (χ1n) is 9.20. The molecule has 0 bridgehead atoms. The number of benzene rings is 2. The fraction of sp³-hybridized carbons (Fsp3) is 0.318. The Morgan fingerprint density at radius 2 is 1.68 bits per heavy atom. The van der Waals surface area contributed by atoms with Crippen molar-refractivity contribution in [3.8, 4) is 17.3 Å². The van der Waals surface area contributed by atoms with Gasteiger partial charge < -0.3 is 5.32 Å². The number of carbonyl (C=O) groups is 2. The Morgan fingerprint density at radius 1 is 1.04 bits per heavy atom. The number of hydrogen-bond acceptors (Lipinski definition) is 4. The van der Waals surface area contributed by atoms with Crippen LogP contribution in [0.1, 0.15) is 30.6 Å². The first kappa shape index (κ1) is 21.0. The van der Waals surface area contributed by atoms with Crippen LogP contribution >= 0.6 is 0 Å². The van der Waals surface area contributed by atoms with Gasteiger partial charge in [0.1, 0.15) is 6.04 Å². The molecular weight excluding hydrogens is 352 g/mol. The summed E-state index contributed by atoms with van der Waals surface area (Å²) in [5.74, 6) is -0.444. The van der Waals surface area contributed by atoms with Crippen LogP contribution < -0.4 is 5.32 Å². The second kappa shape index (κ2) is 9.56. The molecule has 6 heteroatoms. The van der Waals surface area contributed by atoms with E-state index in [0.29, 0.717) is 12.0 Å². The second-order valence-corrected chi connectivity index (χ2v) is 7.09. The molecule has 0 heterocycles. The topological polar surface area (TPSA) is 76.4 Å². The summed E-state index contributed by atoms with van der Waals surface area (Å²) in [6.45, 7) is 3.97. The molecule has 0 radical (unpaired) electrons. The van der Waals surface area contributed by atoms with Crippen LogP contribution in [0.4, 0.5) is 0 Å². The van der Waals surface area contributed by atoms with Gasteiger partial charge >= 0.3 is 0 Å². The van der Waals surface area contributed by atoms with Gasteiger partial charge in [0.25, 0.3) is 11.8 Å². The van der Waals surface area contributed by atoms with Crippen molar-refractivity contribution in [3.05, 3.63) is 60.2 Å². The minimum atomic E-state index is -0.714. The zero-order valence-electron chi connectivity index (χ0n) is 16.7. The molecule has 2 aromatic carbocycles. The summed E-state index contributed by atoms with van der Waals surface area (Å²) in [7, 11) is 3.01. The van der Waals surface area contributed by atoms with Gasteiger partial charge in [-0.2, -0.15) is 5.26 Å². The average Bonchev–Trinajstić information content (AvgIpc) is 2.71. The standard InChI is InChI=1S/C22H26N4O2/c1-16(2)13-20(22(28)26(4)25(3)15-23)24-21(27)19-12-8-11-18(14-19)17-9-6-5-7-10-17/h5-12,14,16,20H,13H2,1-4H3,(H,24,27)/t20-/m0/s1. The van der Waals surface area contributed by atoms with Gasteiger partial charge in [-0.15, -0.1) is 0 Å². The van der Waals surface area contributed by atoms with Crippen LogP contribution in [-0.4, -0.2) is 42.0 Å². The van der Waals surface area contributed by atoms with Crippen molar-refractivity contribution in [1.29, 1.82) is 5.26 Å². The maximum Gasteiger partial charge on any atom is 0.263 e. The van der Waals surface area contributed by atoms with Crippen molar-refractivity contribution in [3.63, 3.8) is 0 Å². The molecular formula is C22H26N4O2. The largest absolute Gasteiger partial charge is 0.340 e. The smallest absolute Gasteiger partial charge is 0.263 e. The third kappa shape index (κ3) is 5.34. The Kier molecular flexibility index (Phi) is 7.16. The van der Waals surface area contributed by atoms with Crippen molar-refractivity contribution in [2.45, 2.75) is 26.3 Å². The molecule has 2 amide bonds. The number of likely N-dealkylation sites (N-methyl/N-ethyl adjacent to an activating group) is 1. The molecule has 0 spiro atoms. The molecule has 0 unspecified atom stereocenters. The Bertz CT molecular complexity index is 858. The van der Waals surface area contributed by atoms with E-state index in [9.17, 15) is 9.59 Å². The SMILES string of the molecule is CC(C)C[C@H](NC(=O)c1cccc(-c2ccccc2)c1)C(=O)N(C)N(C)C#N. The number of nitriles is 1. The van der Waals surface area contributed by atoms with E-state index < -0.39 is 6.04 Å². The summed E-state index contributed by atoms with van der Waals surface area (Å²) >= 11 is 0. The molecule has 1 atom stereocenters. The lowest BCUT2D eigenvalue weighted by atomic mass is 10.0. The fourth-order valence-electron chi connectivity index (χ4n) is 2.85. The zero-order valence-corrected chi connectivity index (χ0v) is 16.7. The zero-order chi connectivity index (χ0) is 20.7. The monoisotopic (exact) mass is 378 g/mol. The van der Waals surface area contributed by atoms with E-state index in [2.05, 4.69) is 5.32 Å². The second-order valence-electron chi connectivity index (χ2n) is 7.09. The highest BCUT2D eigenvalue weighted by Gasteiger charge is 2.27. The van der Waals surface area contributed by atoms with Crippen molar-refractivity contribution < 1.29 is 9.59 Å². The average molecular weight is 378 g/mol. The summed E-state index contributed by atoms with van der Waals surface area (Å²) in [6, 6.07) is 16.4. The number of nitrogens with one attached hydrogen (secondary N) is 1. The van der Waals surface area contributed by atoms with Gasteiger partial charge in [0.2, 0.25) is 0 Å². The highest BCUT2D eigenvalue weighted by atomic mass is 16.2. The number of nitrogens with zero attached hydrogens (tertiary/aromatic N) is 3. The van der Waals surface area contributed by atoms with Crippen molar-refractivity contribution in [2.75, 3.05) is 14.1 Å². The number of amides is 2. The molecule has 146 valence electrons. The third-order valence-corrected chi connectivity index (χ3v) is 4.46. The lowest BCUT2D eigenvalue weighted by molar-refractivity contribution is -0.142. The molecule has 1 N–H and O–H groups in total. The number of hydrogen-bond donors (Lipinski definition) is 1. The molecule has 0 aliphatic rings. The van der Waals surface area contributed by atoms with Gasteiger partial charge in [-0.3, -0.25) is 9.59 Å². The highest BCUT2D eigenvalue weighted by molar-refractivity contribution is 5.98. The molecule has 0 aliphatic heterocycles. The maximum absolute atomic E-state index is 12.8. The Morgan fingerprint density at radius 3 is 2.29 bits per heavy atom. The maximum atomic E-state index is 12.8. The van der Waals surface area contributed by atoms with Crippen LogP contribution in [0.2, 0.25) is 0 Å². The van der Waals surface area contributed by atoms with Crippen molar-refractivity contribution in [2.24, 2.45) is 5.92 Å². The van der Waals surface area contributed by atoms with E-state index in [4.69, 9.17) is 5.26 Å². The van der Waals surface area contributed by atoms with E-state index in [1.165, 1.54) is 19.1 Å². The van der Waals surface area contributed by atoms with Gasteiger partial charge in [-0.25, -0.2) is 10.0 Å². The summed E-state index contributed by atoms with van der Waals surface area (Å²) < 4.78 is 0. The molecule has 0 aromatic heterocycles. The van der Waals surface area contributed by atoms with Crippen LogP contribution in [-0.2, 0) is 4.79 Å². The molecule has 0 fully saturated rings. The van der Waals surface area contributed by atoms with Crippen LogP contribution in [0.3, 0.4) is 0 Å². The van der Waals surface area contributed by atoms with Gasteiger partial charge in [0.15, 0.2) is 6.19 Å². The van der Waals surface area contributed by atoms with E-state index >= 15 is 0 Å². The molecule has 2 rings (SSSR count). The van der Waals surface area contributed by atoms with Crippen LogP contribution in [0.25, 0.3) is 11.1 Å². The van der Waals surface area contributed by atoms with Gasteiger partial charge in [-0.05, 0) is 35.6 Å². The normalized spacial score (nSPS) is 11.4. The molecule has 0 saturated carbocycles. The highest BCUT2D eigenvalue weighted by Crippen LogP contribution is 2.20. The molecule has 0 aliphatic carbocycles. The van der Waals surface area contributed by atoms with Gasteiger partial charge in [-0.1, -0.05) is 56.3 Å². The molecule has 0 saturated heterocycles. The Labute approximate surface area is 166 Å². The van der Waals surface area contributed by atoms with Crippen LogP contribution in [0.5, 0.6) is 0 Å². The molecule has 28 heavy (non-hydrogen) atoms. The van der Waals surface area contributed by atoms with E-state index in [-0.39, 0.29) is 17.7 Å². The Balaban J connectivity index is 2.22. The Hall–Kier alpha value is -3.33. The lowest BCUT2D eigenvalue weighted by Gasteiger charge is -2.28. The van der Waals surface area contributed by atoms with Gasteiger partial charge in [0.05, 0.1) is 0 Å². The van der Waals surface area contributed by atoms with Crippen molar-refractivity contribution in [1.82, 2.24) is 15.3 Å². The van der Waals surface area contributed by atoms with Crippen molar-refractivity contribution >= 4 is 11.8 Å². The lowest BCUT2D eigenvalue weighted by Crippen LogP contribution is -2.51. The van der Waals surface area contributed by atoms with E-state index in [1.807, 2.05) is 68.6 Å². The third-order valence-electron chi connectivity index (χ3n) is 4.46. The van der Waals surface area contributed by atoms with Crippen LogP contribution in [0.15, 0.2) is 54.6 Å². The number of carbonyl (C=O) groups excluding carboxylic acids is 2. The molecule has 6 nitrogen and oxygen atoms in total. The first-order valence-corrected chi connectivity index (χ1v) is 9.20. The molecule has 2 aromatic rings. The number of rotatable bonds is 7. The van der Waals surface area contributed by atoms with Crippen LogP contribution in [0, 0.1) is 17.4 Å². The van der Waals surface area contributed by atoms with E-state index in [0.717, 1.165) is 16.1 Å². The minimum Gasteiger partial charge on any atom is -0.340 e. The van der Waals surface area contributed by atoms with Gasteiger partial charge in [0, 0.05) is 19.7 Å². The summed E-state index contributed by atoms with van der Waals surface area (Å²) in [5, 5.41) is 14.2. The fourth-order valence-corrected chi connectivity index (χ4v) is 2.85. The quantitative estimate of drug-likeness (QED) is 0.456. The summed E-state index contributed by atoms with van der Waals surface area (Å²) in [4.78, 5) is 25.6. The predicted octanol–water partition coefficient (Wildman–Crippen LogP) is 3.28. The first-order chi connectivity index (χ1) is 13.3. The summed E-state index contributed by atoms with van der Waals surface area (Å²) in [6.07, 6.45) is 2.37. The predicted molar refractivity (Wildman–Crippen MR) is 109 cm³/mol.